The largest absolute Gasteiger partial charge is 0.452 e. The molecule has 1 aliphatic rings. The summed E-state index contributed by atoms with van der Waals surface area (Å²) in [5.41, 5.74) is 2.45. The highest BCUT2D eigenvalue weighted by Crippen LogP contribution is 2.22. The molecular weight excluding hydrogens is 346 g/mol. The molecule has 0 radical (unpaired) electrons. The van der Waals surface area contributed by atoms with Crippen LogP contribution in [0.1, 0.15) is 21.7 Å². The fourth-order valence-corrected chi connectivity index (χ4v) is 3.56. The summed E-state index contributed by atoms with van der Waals surface area (Å²) in [6.07, 6.45) is 5.95. The number of thiophene rings is 1. The molecule has 1 amide bonds. The quantitative estimate of drug-likeness (QED) is 0.594. The molecule has 4 nitrogen and oxygen atoms in total. The van der Waals surface area contributed by atoms with Gasteiger partial charge in [0.1, 0.15) is 0 Å². The van der Waals surface area contributed by atoms with E-state index in [2.05, 4.69) is 18.2 Å². The maximum absolute atomic E-state index is 12.2. The van der Waals surface area contributed by atoms with Crippen LogP contribution in [0.2, 0.25) is 0 Å². The second-order valence-electron chi connectivity index (χ2n) is 6.07. The summed E-state index contributed by atoms with van der Waals surface area (Å²) in [5, 5.41) is 0. The van der Waals surface area contributed by atoms with Gasteiger partial charge in [0.05, 0.1) is 0 Å². The van der Waals surface area contributed by atoms with Gasteiger partial charge < -0.3 is 9.64 Å². The lowest BCUT2D eigenvalue weighted by atomic mass is 10.00. The lowest BCUT2D eigenvalue weighted by Crippen LogP contribution is -2.37. The van der Waals surface area contributed by atoms with Gasteiger partial charge in [-0.2, -0.15) is 0 Å². The van der Waals surface area contributed by atoms with E-state index in [1.165, 1.54) is 22.1 Å². The number of benzene rings is 1. The zero-order valence-corrected chi connectivity index (χ0v) is 15.5. The highest BCUT2D eigenvalue weighted by Gasteiger charge is 2.18. The molecule has 1 aromatic carbocycles. The molecule has 0 saturated carbocycles. The van der Waals surface area contributed by atoms with Gasteiger partial charge in [0.25, 0.3) is 5.91 Å². The number of amides is 1. The van der Waals surface area contributed by atoms with Crippen molar-refractivity contribution in [1.29, 1.82) is 0 Å². The van der Waals surface area contributed by atoms with Crippen molar-refractivity contribution in [2.45, 2.75) is 13.3 Å². The van der Waals surface area contributed by atoms with E-state index in [9.17, 15) is 9.59 Å². The van der Waals surface area contributed by atoms with Gasteiger partial charge in [-0.1, -0.05) is 36.4 Å². The maximum Gasteiger partial charge on any atom is 0.331 e. The number of esters is 1. The first-order chi connectivity index (χ1) is 12.6. The molecule has 0 atom stereocenters. The van der Waals surface area contributed by atoms with Crippen LogP contribution in [0.15, 0.2) is 54.6 Å². The third kappa shape index (κ3) is 4.92. The van der Waals surface area contributed by atoms with Gasteiger partial charge in [0, 0.05) is 28.9 Å². The number of rotatable bonds is 5. The predicted octanol–water partition coefficient (Wildman–Crippen LogP) is 3.93. The molecule has 0 unspecified atom stereocenters. The Balaban J connectivity index is 1.46. The zero-order chi connectivity index (χ0) is 18.4. The maximum atomic E-state index is 12.2. The smallest absolute Gasteiger partial charge is 0.331 e. The first-order valence-electron chi connectivity index (χ1n) is 8.55. The third-order valence-electron chi connectivity index (χ3n) is 4.19. The van der Waals surface area contributed by atoms with Gasteiger partial charge in [-0.3, -0.25) is 4.79 Å². The number of ether oxygens (including phenoxy) is 1. The highest BCUT2D eigenvalue weighted by molar-refractivity contribution is 7.12. The van der Waals surface area contributed by atoms with E-state index in [1.807, 2.05) is 37.3 Å². The van der Waals surface area contributed by atoms with E-state index >= 15 is 0 Å². The molecule has 0 saturated heterocycles. The van der Waals surface area contributed by atoms with Crippen LogP contribution in [-0.2, 0) is 14.3 Å². The molecule has 0 bridgehead atoms. The van der Waals surface area contributed by atoms with E-state index in [0.29, 0.717) is 13.1 Å². The van der Waals surface area contributed by atoms with Crippen LogP contribution >= 0.6 is 11.3 Å². The zero-order valence-electron chi connectivity index (χ0n) is 14.7. The van der Waals surface area contributed by atoms with Gasteiger partial charge in [-0.15, -0.1) is 11.3 Å². The minimum absolute atomic E-state index is 0.165. The van der Waals surface area contributed by atoms with Crippen LogP contribution in [0.4, 0.5) is 0 Å². The standard InChI is InChI=1S/C21H21NO3S/c1-16-7-8-19(26-16)9-10-21(24)25-15-20(23)22-13-11-18(12-14-22)17-5-3-2-4-6-17/h2-11H,12-15H2,1H3/b10-9+. The molecule has 2 aromatic rings. The summed E-state index contributed by atoms with van der Waals surface area (Å²) < 4.78 is 5.06. The second kappa shape index (κ2) is 8.63. The van der Waals surface area contributed by atoms with Crippen LogP contribution in [0.25, 0.3) is 11.6 Å². The van der Waals surface area contributed by atoms with Crippen LogP contribution < -0.4 is 0 Å². The van der Waals surface area contributed by atoms with Crippen LogP contribution in [0.5, 0.6) is 0 Å². The van der Waals surface area contributed by atoms with Crippen molar-refractivity contribution in [3.05, 3.63) is 69.9 Å². The van der Waals surface area contributed by atoms with Gasteiger partial charge in [-0.05, 0) is 42.7 Å². The van der Waals surface area contributed by atoms with Crippen molar-refractivity contribution in [3.8, 4) is 0 Å². The molecule has 0 aliphatic carbocycles. The van der Waals surface area contributed by atoms with E-state index in [4.69, 9.17) is 4.74 Å². The lowest BCUT2D eigenvalue weighted by molar-refractivity contribution is -0.147. The first kappa shape index (κ1) is 18.1. The Morgan fingerprint density at radius 1 is 1.19 bits per heavy atom. The molecule has 1 aliphatic heterocycles. The summed E-state index contributed by atoms with van der Waals surface area (Å²) in [6, 6.07) is 14.1. The van der Waals surface area contributed by atoms with Gasteiger partial charge in [0.2, 0.25) is 0 Å². The van der Waals surface area contributed by atoms with Crippen molar-refractivity contribution in [1.82, 2.24) is 4.90 Å². The van der Waals surface area contributed by atoms with Crippen molar-refractivity contribution >= 4 is 34.9 Å². The second-order valence-corrected chi connectivity index (χ2v) is 7.39. The number of nitrogens with zero attached hydrogens (tertiary/aromatic N) is 1. The Kier molecular flexibility index (Phi) is 6.02. The van der Waals surface area contributed by atoms with Crippen LogP contribution in [0.3, 0.4) is 0 Å². The van der Waals surface area contributed by atoms with Gasteiger partial charge in [-0.25, -0.2) is 4.79 Å². The minimum atomic E-state index is -0.498. The van der Waals surface area contributed by atoms with Crippen LogP contribution in [0, 0.1) is 6.92 Å². The molecular formula is C21H21NO3S. The van der Waals surface area contributed by atoms with Crippen molar-refractivity contribution in [3.63, 3.8) is 0 Å². The van der Waals surface area contributed by atoms with Crippen molar-refractivity contribution < 1.29 is 14.3 Å². The SMILES string of the molecule is Cc1ccc(/C=C/C(=O)OCC(=O)N2CC=C(c3ccccc3)CC2)s1. The molecule has 3 rings (SSSR count). The molecule has 1 aromatic heterocycles. The van der Waals surface area contributed by atoms with Crippen LogP contribution in [-0.4, -0.2) is 36.5 Å². The molecule has 0 spiro atoms. The lowest BCUT2D eigenvalue weighted by Gasteiger charge is -2.26. The van der Waals surface area contributed by atoms with Crippen molar-refractivity contribution in [2.24, 2.45) is 0 Å². The van der Waals surface area contributed by atoms with Gasteiger partial charge in [0.15, 0.2) is 6.61 Å². The Morgan fingerprint density at radius 3 is 2.65 bits per heavy atom. The Labute approximate surface area is 157 Å². The average Bonchev–Trinajstić information content (AvgIpc) is 3.10. The Bertz CT molecular complexity index is 836. The summed E-state index contributed by atoms with van der Waals surface area (Å²) in [7, 11) is 0. The number of aryl methyl sites for hydroxylation is 1. The van der Waals surface area contributed by atoms with E-state index in [1.54, 1.807) is 22.3 Å². The predicted molar refractivity (Wildman–Crippen MR) is 105 cm³/mol. The third-order valence-corrected chi connectivity index (χ3v) is 5.16. The summed E-state index contributed by atoms with van der Waals surface area (Å²) in [6.45, 7) is 2.97. The monoisotopic (exact) mass is 367 g/mol. The fourth-order valence-electron chi connectivity index (χ4n) is 2.78. The van der Waals surface area contributed by atoms with Gasteiger partial charge >= 0.3 is 5.97 Å². The summed E-state index contributed by atoms with van der Waals surface area (Å²) in [4.78, 5) is 27.9. The molecule has 0 fully saturated rings. The molecule has 5 heteroatoms. The number of carbonyl (C=O) groups is 2. The van der Waals surface area contributed by atoms with E-state index in [0.717, 1.165) is 11.3 Å². The molecule has 2 heterocycles. The first-order valence-corrected chi connectivity index (χ1v) is 9.37. The molecule has 26 heavy (non-hydrogen) atoms. The molecule has 134 valence electrons. The average molecular weight is 367 g/mol. The number of hydrogen-bond acceptors (Lipinski definition) is 4. The van der Waals surface area contributed by atoms with E-state index < -0.39 is 5.97 Å². The number of hydrogen-bond donors (Lipinski definition) is 0. The normalized spacial score (nSPS) is 14.3. The summed E-state index contributed by atoms with van der Waals surface area (Å²) in [5.74, 6) is -0.663. The Morgan fingerprint density at radius 2 is 2.00 bits per heavy atom. The number of carbonyl (C=O) groups excluding carboxylic acids is 2. The fraction of sp³-hybridized carbons (Fsp3) is 0.238. The van der Waals surface area contributed by atoms with E-state index in [-0.39, 0.29) is 12.5 Å². The summed E-state index contributed by atoms with van der Waals surface area (Å²) >= 11 is 1.60. The molecule has 0 N–H and O–H groups in total. The topological polar surface area (TPSA) is 46.6 Å². The van der Waals surface area contributed by atoms with Crippen molar-refractivity contribution in [2.75, 3.05) is 19.7 Å². The highest BCUT2D eigenvalue weighted by atomic mass is 32.1. The Hall–Kier alpha value is -2.66. The minimum Gasteiger partial charge on any atom is -0.452 e.